The third-order valence-corrected chi connectivity index (χ3v) is 5.05. The van der Waals surface area contributed by atoms with Gasteiger partial charge in [0.05, 0.1) is 26.2 Å². The van der Waals surface area contributed by atoms with Crippen LogP contribution in [0.4, 0.5) is 5.69 Å². The standard InChI is InChI=1S/C18H23N3O5S2/c1-24-15-10-13(11-16(25-2)17(15)26-3)21-18(27)20-9-8-12-4-6-14(7-5-12)28(19,22)23/h4-7,10-11H,8-9H2,1-3H3,(H2,19,22,23)(H2,20,21,27). The summed E-state index contributed by atoms with van der Waals surface area (Å²) in [4.78, 5) is 0.0868. The van der Waals surface area contributed by atoms with Crippen LogP contribution in [-0.4, -0.2) is 41.4 Å². The van der Waals surface area contributed by atoms with Gasteiger partial charge in [-0.3, -0.25) is 0 Å². The molecule has 152 valence electrons. The molecule has 0 saturated carbocycles. The molecule has 0 amide bonds. The second-order valence-corrected chi connectivity index (χ2v) is 7.70. The third kappa shape index (κ3) is 5.72. The number of methoxy groups -OCH3 is 3. The normalized spacial score (nSPS) is 10.9. The number of primary sulfonamides is 1. The highest BCUT2D eigenvalue weighted by Crippen LogP contribution is 2.39. The number of hydrogen-bond acceptors (Lipinski definition) is 6. The van der Waals surface area contributed by atoms with Gasteiger partial charge in [0.15, 0.2) is 16.6 Å². The number of sulfonamides is 1. The first-order chi connectivity index (χ1) is 13.3. The summed E-state index contributed by atoms with van der Waals surface area (Å²) in [6.07, 6.45) is 0.655. The van der Waals surface area contributed by atoms with E-state index in [1.165, 1.54) is 19.2 Å². The lowest BCUT2D eigenvalue weighted by atomic mass is 10.1. The van der Waals surface area contributed by atoms with E-state index in [2.05, 4.69) is 10.6 Å². The van der Waals surface area contributed by atoms with Crippen molar-refractivity contribution in [3.63, 3.8) is 0 Å². The fourth-order valence-electron chi connectivity index (χ4n) is 2.49. The fourth-order valence-corrected chi connectivity index (χ4v) is 3.23. The van der Waals surface area contributed by atoms with E-state index in [1.807, 2.05) is 0 Å². The summed E-state index contributed by atoms with van der Waals surface area (Å²) >= 11 is 5.31. The molecule has 8 nitrogen and oxygen atoms in total. The van der Waals surface area contributed by atoms with Gasteiger partial charge >= 0.3 is 0 Å². The number of ether oxygens (including phenoxy) is 3. The second kappa shape index (κ2) is 9.58. The van der Waals surface area contributed by atoms with Crippen LogP contribution in [0.15, 0.2) is 41.3 Å². The van der Waals surface area contributed by atoms with Crippen LogP contribution in [0.1, 0.15) is 5.56 Å². The Kier molecular flexibility index (Phi) is 7.44. The number of benzene rings is 2. The largest absolute Gasteiger partial charge is 0.493 e. The zero-order valence-electron chi connectivity index (χ0n) is 15.8. The molecule has 0 aliphatic carbocycles. The van der Waals surface area contributed by atoms with Gasteiger partial charge in [-0.15, -0.1) is 0 Å². The van der Waals surface area contributed by atoms with E-state index in [9.17, 15) is 8.42 Å². The predicted molar refractivity (Wildman–Crippen MR) is 112 cm³/mol. The number of thiocarbonyl (C=S) groups is 1. The highest BCUT2D eigenvalue weighted by molar-refractivity contribution is 7.89. The van der Waals surface area contributed by atoms with Gasteiger partial charge in [0.2, 0.25) is 15.8 Å². The minimum Gasteiger partial charge on any atom is -0.493 e. The predicted octanol–water partition coefficient (Wildman–Crippen LogP) is 1.89. The lowest BCUT2D eigenvalue weighted by Crippen LogP contribution is -2.30. The SMILES string of the molecule is COc1cc(NC(=S)NCCc2ccc(S(N)(=O)=O)cc2)cc(OC)c1OC. The molecular weight excluding hydrogens is 402 g/mol. The van der Waals surface area contributed by atoms with Crippen molar-refractivity contribution in [3.05, 3.63) is 42.0 Å². The summed E-state index contributed by atoms with van der Waals surface area (Å²) in [7, 11) is 0.937. The molecule has 0 atom stereocenters. The van der Waals surface area contributed by atoms with Crippen molar-refractivity contribution in [1.82, 2.24) is 5.32 Å². The number of nitrogens with two attached hydrogens (primary N) is 1. The molecule has 0 aliphatic heterocycles. The minimum atomic E-state index is -3.68. The average Bonchev–Trinajstić information content (AvgIpc) is 2.66. The summed E-state index contributed by atoms with van der Waals surface area (Å²) < 4.78 is 38.5. The molecule has 0 unspecified atom stereocenters. The van der Waals surface area contributed by atoms with E-state index in [4.69, 9.17) is 31.6 Å². The topological polar surface area (TPSA) is 112 Å². The van der Waals surface area contributed by atoms with Crippen LogP contribution in [0, 0.1) is 0 Å². The molecule has 2 aromatic carbocycles. The molecule has 0 heterocycles. The summed E-state index contributed by atoms with van der Waals surface area (Å²) in [5, 5.41) is 11.7. The highest BCUT2D eigenvalue weighted by Gasteiger charge is 2.13. The Morgan fingerprint density at radius 3 is 2.07 bits per heavy atom. The summed E-state index contributed by atoms with van der Waals surface area (Å²) in [6.45, 7) is 0.560. The summed E-state index contributed by atoms with van der Waals surface area (Å²) in [5.41, 5.74) is 1.64. The van der Waals surface area contributed by atoms with E-state index in [-0.39, 0.29) is 4.90 Å². The molecule has 0 spiro atoms. The molecule has 0 bridgehead atoms. The van der Waals surface area contributed by atoms with Crippen molar-refractivity contribution in [2.75, 3.05) is 33.2 Å². The number of nitrogens with one attached hydrogen (secondary N) is 2. The first-order valence-electron chi connectivity index (χ1n) is 8.25. The first kappa shape index (κ1) is 21.7. The van der Waals surface area contributed by atoms with E-state index in [0.717, 1.165) is 5.56 Å². The average molecular weight is 426 g/mol. The zero-order valence-corrected chi connectivity index (χ0v) is 17.4. The second-order valence-electron chi connectivity index (χ2n) is 5.73. The Bertz CT molecular complexity index is 906. The number of hydrogen-bond donors (Lipinski definition) is 3. The van der Waals surface area contributed by atoms with Gasteiger partial charge in [0.25, 0.3) is 0 Å². The Balaban J connectivity index is 1.94. The third-order valence-electron chi connectivity index (χ3n) is 3.87. The van der Waals surface area contributed by atoms with Crippen molar-refractivity contribution >= 4 is 33.0 Å². The van der Waals surface area contributed by atoms with E-state index in [1.54, 1.807) is 38.5 Å². The van der Waals surface area contributed by atoms with Crippen LogP contribution in [0.5, 0.6) is 17.2 Å². The number of rotatable bonds is 8. The van der Waals surface area contributed by atoms with Gasteiger partial charge in [0.1, 0.15) is 0 Å². The van der Waals surface area contributed by atoms with Crippen molar-refractivity contribution in [2.45, 2.75) is 11.3 Å². The lowest BCUT2D eigenvalue weighted by Gasteiger charge is -2.16. The Morgan fingerprint density at radius 1 is 1.04 bits per heavy atom. The van der Waals surface area contributed by atoms with Crippen LogP contribution in [0.2, 0.25) is 0 Å². The van der Waals surface area contributed by atoms with E-state index >= 15 is 0 Å². The molecule has 2 rings (SSSR count). The van der Waals surface area contributed by atoms with Crippen LogP contribution in [0.25, 0.3) is 0 Å². The fraction of sp³-hybridized carbons (Fsp3) is 0.278. The monoisotopic (exact) mass is 425 g/mol. The maximum absolute atomic E-state index is 11.3. The first-order valence-corrected chi connectivity index (χ1v) is 10.2. The highest BCUT2D eigenvalue weighted by atomic mass is 32.2. The van der Waals surface area contributed by atoms with Crippen molar-refractivity contribution in [2.24, 2.45) is 5.14 Å². The van der Waals surface area contributed by atoms with E-state index < -0.39 is 10.0 Å². The van der Waals surface area contributed by atoms with Crippen molar-refractivity contribution in [1.29, 1.82) is 0 Å². The minimum absolute atomic E-state index is 0.0868. The lowest BCUT2D eigenvalue weighted by molar-refractivity contribution is 0.324. The van der Waals surface area contributed by atoms with Crippen LogP contribution in [-0.2, 0) is 16.4 Å². The van der Waals surface area contributed by atoms with Crippen LogP contribution in [0.3, 0.4) is 0 Å². The van der Waals surface area contributed by atoms with Gasteiger partial charge < -0.3 is 24.8 Å². The Morgan fingerprint density at radius 2 is 1.61 bits per heavy atom. The Hall–Kier alpha value is -2.56. The van der Waals surface area contributed by atoms with Gasteiger partial charge in [-0.05, 0) is 36.3 Å². The van der Waals surface area contributed by atoms with E-state index in [0.29, 0.717) is 41.0 Å². The van der Waals surface area contributed by atoms with Crippen molar-refractivity contribution in [3.8, 4) is 17.2 Å². The quantitative estimate of drug-likeness (QED) is 0.550. The molecule has 0 aromatic heterocycles. The van der Waals surface area contributed by atoms with Crippen LogP contribution < -0.4 is 30.0 Å². The van der Waals surface area contributed by atoms with Gasteiger partial charge in [-0.25, -0.2) is 13.6 Å². The van der Waals surface area contributed by atoms with Gasteiger partial charge in [-0.2, -0.15) is 0 Å². The maximum Gasteiger partial charge on any atom is 0.238 e. The van der Waals surface area contributed by atoms with Crippen molar-refractivity contribution < 1.29 is 22.6 Å². The number of anilines is 1. The van der Waals surface area contributed by atoms with Gasteiger partial charge in [-0.1, -0.05) is 12.1 Å². The van der Waals surface area contributed by atoms with Crippen LogP contribution >= 0.6 is 12.2 Å². The summed E-state index contributed by atoms with van der Waals surface area (Å²) in [6, 6.07) is 9.91. The maximum atomic E-state index is 11.3. The molecule has 0 fully saturated rings. The molecule has 4 N–H and O–H groups in total. The molecule has 2 aromatic rings. The van der Waals surface area contributed by atoms with Gasteiger partial charge in [0, 0.05) is 24.4 Å². The molecule has 0 radical (unpaired) electrons. The summed E-state index contributed by atoms with van der Waals surface area (Å²) in [5.74, 6) is 1.53. The zero-order chi connectivity index (χ0) is 20.7. The molecule has 0 saturated heterocycles. The molecule has 10 heteroatoms. The smallest absolute Gasteiger partial charge is 0.238 e. The Labute approximate surface area is 170 Å². The molecule has 0 aliphatic rings. The molecular formula is C18H23N3O5S2. The molecule has 28 heavy (non-hydrogen) atoms.